The summed E-state index contributed by atoms with van der Waals surface area (Å²) in [6.07, 6.45) is 4.50. The van der Waals surface area contributed by atoms with E-state index in [-0.39, 0.29) is 23.3 Å². The maximum absolute atomic E-state index is 14.0. The first kappa shape index (κ1) is 28.5. The minimum Gasteiger partial charge on any atom is -0.767 e. The highest BCUT2D eigenvalue weighted by molar-refractivity contribution is 6.30. The van der Waals surface area contributed by atoms with Crippen molar-refractivity contribution in [2.24, 2.45) is 17.6 Å². The Bertz CT molecular complexity index is 1580. The third kappa shape index (κ3) is 6.48. The third-order valence-corrected chi connectivity index (χ3v) is 8.00. The maximum Gasteiger partial charge on any atom is 0.408 e. The molecule has 214 valence electrons. The largest absolute Gasteiger partial charge is 0.767 e. The fourth-order valence-corrected chi connectivity index (χ4v) is 5.72. The second-order valence-corrected chi connectivity index (χ2v) is 11.0. The predicted molar refractivity (Wildman–Crippen MR) is 158 cm³/mol. The zero-order chi connectivity index (χ0) is 29.1. The van der Waals surface area contributed by atoms with E-state index in [9.17, 15) is 14.6 Å². The fourth-order valence-electron chi connectivity index (χ4n) is 5.53. The van der Waals surface area contributed by atoms with Crippen molar-refractivity contribution in [1.82, 2.24) is 19.5 Å². The number of amides is 1. The van der Waals surface area contributed by atoms with Gasteiger partial charge in [-0.3, -0.25) is 0 Å². The van der Waals surface area contributed by atoms with E-state index < -0.39 is 12.0 Å². The van der Waals surface area contributed by atoms with E-state index in [2.05, 4.69) is 31.5 Å². The van der Waals surface area contributed by atoms with Crippen molar-refractivity contribution in [2.75, 3.05) is 5.32 Å². The number of hydrogen-bond acceptors (Lipinski definition) is 6. The predicted octanol–water partition coefficient (Wildman–Crippen LogP) is 7.09. The van der Waals surface area contributed by atoms with Crippen LogP contribution in [-0.4, -0.2) is 31.5 Å². The highest BCUT2D eigenvalue weighted by Crippen LogP contribution is 2.36. The molecule has 0 spiro atoms. The Balaban J connectivity index is 1.65. The van der Waals surface area contributed by atoms with Gasteiger partial charge in [-0.05, 0) is 61.4 Å². The molecule has 0 bridgehead atoms. The second kappa shape index (κ2) is 12.2. The normalized spacial score (nSPS) is 17.8. The molecule has 4 aromatic rings. The van der Waals surface area contributed by atoms with Crippen molar-refractivity contribution in [1.29, 1.82) is 0 Å². The summed E-state index contributed by atoms with van der Waals surface area (Å²) in [5.41, 5.74) is 7.90. The van der Waals surface area contributed by atoms with E-state index in [1.807, 2.05) is 19.1 Å². The number of carbonyl (C=O) groups excluding carboxylic acids is 1. The van der Waals surface area contributed by atoms with Gasteiger partial charge in [0.25, 0.3) is 0 Å². The fraction of sp³-hybridized carbons (Fsp3) is 0.367. The van der Waals surface area contributed by atoms with Crippen LogP contribution in [0.4, 0.5) is 15.1 Å². The first-order valence-electron chi connectivity index (χ1n) is 13.8. The topological polar surface area (TPSA) is 130 Å². The smallest absolute Gasteiger partial charge is 0.408 e. The van der Waals surface area contributed by atoms with Gasteiger partial charge in [0.05, 0.1) is 11.9 Å². The van der Waals surface area contributed by atoms with Gasteiger partial charge in [-0.25, -0.2) is 19.2 Å². The Hall–Kier alpha value is -4.05. The molecule has 3 N–H and O–H groups in total. The van der Waals surface area contributed by atoms with Crippen LogP contribution in [0.2, 0.25) is 5.02 Å². The number of hydrogen-bond donors (Lipinski definition) is 2. The zero-order valence-corrected chi connectivity index (χ0v) is 23.7. The molecule has 1 atom stereocenters. The SMILES string of the molecule is CCC1CCC(Cn2c(N[C@@H](C)c3cccc(F)c3)nc3nc(C(=[N-])OC(N)=O)nc(-c4cccc(Cl)c4)c32)CC1. The molecule has 0 aliphatic heterocycles. The summed E-state index contributed by atoms with van der Waals surface area (Å²) in [5, 5.41) is 14.4. The maximum atomic E-state index is 14.0. The molecule has 2 aromatic carbocycles. The Morgan fingerprint density at radius 3 is 2.56 bits per heavy atom. The lowest BCUT2D eigenvalue weighted by molar-refractivity contribution is 0.208. The molecule has 11 heteroatoms. The number of imidazole rings is 1. The molecule has 1 aliphatic rings. The van der Waals surface area contributed by atoms with E-state index in [4.69, 9.17) is 22.3 Å². The standard InChI is InChI=1S/C30H32ClFN7O2/c1-3-18-10-12-19(13-11-18)16-39-25-24(21-7-4-8-22(31)14-21)36-28(26(33)41-29(34)40)37-27(25)38-30(39)35-17(2)20-6-5-9-23(32)15-20/h4-9,14-15,17-19H,3,10-13,16H2,1-2H3,(H2,34,40)(H,35,36,37,38)/q-1/t17-,18?,19?/m0/s1. The number of primary amides is 1. The van der Waals surface area contributed by atoms with Crippen LogP contribution in [0.15, 0.2) is 48.5 Å². The van der Waals surface area contributed by atoms with Crippen molar-refractivity contribution in [3.63, 3.8) is 0 Å². The van der Waals surface area contributed by atoms with E-state index in [1.54, 1.807) is 24.3 Å². The molecule has 1 fully saturated rings. The zero-order valence-electron chi connectivity index (χ0n) is 23.0. The van der Waals surface area contributed by atoms with Crippen LogP contribution in [0, 0.1) is 17.7 Å². The Kier molecular flexibility index (Phi) is 8.49. The molecule has 1 aliphatic carbocycles. The summed E-state index contributed by atoms with van der Waals surface area (Å²) in [5.74, 6) is 0.274. The number of benzene rings is 2. The monoisotopic (exact) mass is 576 g/mol. The van der Waals surface area contributed by atoms with E-state index >= 15 is 0 Å². The molecule has 0 radical (unpaired) electrons. The van der Waals surface area contributed by atoms with Crippen molar-refractivity contribution < 1.29 is 13.9 Å². The van der Waals surface area contributed by atoms with Crippen LogP contribution >= 0.6 is 11.6 Å². The van der Waals surface area contributed by atoms with Gasteiger partial charge in [0, 0.05) is 17.1 Å². The summed E-state index contributed by atoms with van der Waals surface area (Å²) < 4.78 is 20.8. The van der Waals surface area contributed by atoms with Crippen molar-refractivity contribution >= 4 is 40.7 Å². The van der Waals surface area contributed by atoms with Crippen LogP contribution in [0.5, 0.6) is 0 Å². The van der Waals surface area contributed by atoms with E-state index in [1.165, 1.54) is 31.4 Å². The minimum absolute atomic E-state index is 0.246. The lowest BCUT2D eigenvalue weighted by Gasteiger charge is -2.29. The van der Waals surface area contributed by atoms with E-state index in [0.717, 1.165) is 24.3 Å². The summed E-state index contributed by atoms with van der Waals surface area (Å²) >= 11 is 6.35. The molecule has 0 unspecified atom stereocenters. The number of carbonyl (C=O) groups is 1. The number of anilines is 1. The van der Waals surface area contributed by atoms with E-state index in [0.29, 0.717) is 40.2 Å². The van der Waals surface area contributed by atoms with Crippen molar-refractivity contribution in [3.8, 4) is 11.3 Å². The first-order valence-corrected chi connectivity index (χ1v) is 14.2. The van der Waals surface area contributed by atoms with Gasteiger partial charge in [-0.1, -0.05) is 62.1 Å². The second-order valence-electron chi connectivity index (χ2n) is 10.6. The lowest BCUT2D eigenvalue weighted by Crippen LogP contribution is -2.21. The molecule has 2 aromatic heterocycles. The van der Waals surface area contributed by atoms with Gasteiger partial charge < -0.3 is 25.8 Å². The summed E-state index contributed by atoms with van der Waals surface area (Å²) in [6.45, 7) is 4.83. The Labute approximate surface area is 242 Å². The van der Waals surface area contributed by atoms with Crippen LogP contribution in [-0.2, 0) is 11.3 Å². The molecule has 2 heterocycles. The van der Waals surface area contributed by atoms with Crippen LogP contribution in [0.1, 0.15) is 63.4 Å². The molecule has 0 saturated heterocycles. The molecular weight excluding hydrogens is 545 g/mol. The van der Waals surface area contributed by atoms with Crippen LogP contribution in [0.25, 0.3) is 27.8 Å². The molecule has 5 rings (SSSR count). The van der Waals surface area contributed by atoms with Crippen molar-refractivity contribution in [3.05, 3.63) is 76.2 Å². The average molecular weight is 577 g/mol. The highest BCUT2D eigenvalue weighted by Gasteiger charge is 2.26. The quantitative estimate of drug-likeness (QED) is 0.170. The summed E-state index contributed by atoms with van der Waals surface area (Å²) in [6, 6.07) is 13.3. The number of nitrogens with zero attached hydrogens (tertiary/aromatic N) is 5. The Morgan fingerprint density at radius 1 is 1.15 bits per heavy atom. The molecular formula is C30H32ClFN7O2-. The van der Waals surface area contributed by atoms with Gasteiger partial charge >= 0.3 is 6.09 Å². The van der Waals surface area contributed by atoms with Gasteiger partial charge in [0.2, 0.25) is 5.95 Å². The molecule has 9 nitrogen and oxygen atoms in total. The van der Waals surface area contributed by atoms with Gasteiger partial charge in [0.15, 0.2) is 11.5 Å². The minimum atomic E-state index is -1.20. The highest BCUT2D eigenvalue weighted by atomic mass is 35.5. The summed E-state index contributed by atoms with van der Waals surface area (Å²) in [4.78, 5) is 25.2. The van der Waals surface area contributed by atoms with Gasteiger partial charge in [-0.2, -0.15) is 4.98 Å². The lowest BCUT2D eigenvalue weighted by atomic mass is 9.81. The number of aromatic nitrogens is 4. The number of fused-ring (bicyclic) bond motifs is 1. The number of ether oxygens (including phenoxy) is 1. The third-order valence-electron chi connectivity index (χ3n) is 7.77. The molecule has 1 amide bonds. The summed E-state index contributed by atoms with van der Waals surface area (Å²) in [7, 11) is 0. The first-order chi connectivity index (χ1) is 19.7. The average Bonchev–Trinajstić information content (AvgIpc) is 3.29. The molecule has 41 heavy (non-hydrogen) atoms. The molecule has 1 saturated carbocycles. The van der Waals surface area contributed by atoms with Gasteiger partial charge in [0.1, 0.15) is 17.0 Å². The number of rotatable bonds is 8. The van der Waals surface area contributed by atoms with Crippen molar-refractivity contribution in [2.45, 2.75) is 58.5 Å². The number of nitrogens with one attached hydrogen (secondary N) is 1. The Morgan fingerprint density at radius 2 is 1.88 bits per heavy atom. The van der Waals surface area contributed by atoms with Gasteiger partial charge in [-0.15, -0.1) is 0 Å². The van der Waals surface area contributed by atoms with Crippen LogP contribution in [0.3, 0.4) is 0 Å². The van der Waals surface area contributed by atoms with Crippen LogP contribution < -0.4 is 11.1 Å². The number of nitrogens with two attached hydrogens (primary N) is 1. The number of halogens is 2.